The van der Waals surface area contributed by atoms with Gasteiger partial charge in [-0.05, 0) is 43.5 Å². The van der Waals surface area contributed by atoms with E-state index in [0.717, 1.165) is 21.3 Å². The topological polar surface area (TPSA) is 20.0 Å². The Hall–Kier alpha value is -1.72. The first-order valence-electron chi connectivity index (χ1n) is 6.83. The first-order valence-corrected chi connectivity index (χ1v) is 8.42. The Kier molecular flexibility index (Phi) is 4.85. The summed E-state index contributed by atoms with van der Waals surface area (Å²) >= 11 is 7.06. The van der Waals surface area contributed by atoms with E-state index in [1.54, 1.807) is 0 Å². The molecule has 0 atom stereocenters. The van der Waals surface area contributed by atoms with Crippen LogP contribution in [0, 0.1) is 0 Å². The van der Waals surface area contributed by atoms with Crippen LogP contribution >= 0.6 is 31.9 Å². The predicted molar refractivity (Wildman–Crippen MR) is 94.3 cm³/mol. The SMILES string of the molecule is Brc1cnc(N(Cc2ccccc2)[n+]2ccccc2)c(Br)c1. The Morgan fingerprint density at radius 2 is 1.64 bits per heavy atom. The van der Waals surface area contributed by atoms with Gasteiger partial charge in [0, 0.05) is 22.8 Å². The Bertz CT molecular complexity index is 748. The van der Waals surface area contributed by atoms with Crippen molar-refractivity contribution in [1.82, 2.24) is 4.98 Å². The maximum atomic E-state index is 4.56. The van der Waals surface area contributed by atoms with Crippen molar-refractivity contribution in [2.75, 3.05) is 5.01 Å². The highest BCUT2D eigenvalue weighted by Crippen LogP contribution is 2.26. The van der Waals surface area contributed by atoms with Crippen molar-refractivity contribution >= 4 is 37.7 Å². The number of hydrogen-bond donors (Lipinski definition) is 0. The number of nitrogens with zero attached hydrogens (tertiary/aromatic N) is 3. The second kappa shape index (κ2) is 7.03. The minimum atomic E-state index is 0.725. The summed E-state index contributed by atoms with van der Waals surface area (Å²) in [6.07, 6.45) is 5.83. The monoisotopic (exact) mass is 418 g/mol. The van der Waals surface area contributed by atoms with Gasteiger partial charge in [-0.2, -0.15) is 0 Å². The van der Waals surface area contributed by atoms with E-state index >= 15 is 0 Å². The number of aromatic nitrogens is 2. The van der Waals surface area contributed by atoms with Gasteiger partial charge in [0.2, 0.25) is 5.82 Å². The average Bonchev–Trinajstić information content (AvgIpc) is 2.55. The van der Waals surface area contributed by atoms with E-state index in [1.165, 1.54) is 5.56 Å². The molecule has 0 spiro atoms. The van der Waals surface area contributed by atoms with Crippen molar-refractivity contribution < 1.29 is 4.68 Å². The highest BCUT2D eigenvalue weighted by Gasteiger charge is 2.20. The van der Waals surface area contributed by atoms with Gasteiger partial charge in [0.15, 0.2) is 12.4 Å². The van der Waals surface area contributed by atoms with Gasteiger partial charge in [-0.15, -0.1) is 5.01 Å². The van der Waals surface area contributed by atoms with Crippen LogP contribution < -0.4 is 9.69 Å². The summed E-state index contributed by atoms with van der Waals surface area (Å²) in [5.41, 5.74) is 1.22. The smallest absolute Gasteiger partial charge is 0.202 e. The number of benzene rings is 1. The molecule has 2 aromatic heterocycles. The fraction of sp³-hybridized carbons (Fsp3) is 0.0588. The van der Waals surface area contributed by atoms with E-state index in [4.69, 9.17) is 0 Å². The summed E-state index contributed by atoms with van der Waals surface area (Å²) < 4.78 is 3.92. The molecular weight excluding hydrogens is 406 g/mol. The lowest BCUT2D eigenvalue weighted by molar-refractivity contribution is -0.686. The lowest BCUT2D eigenvalue weighted by Gasteiger charge is -2.18. The molecular formula is C17H14Br2N3+. The van der Waals surface area contributed by atoms with Crippen LogP contribution in [0.5, 0.6) is 0 Å². The largest absolute Gasteiger partial charge is 0.232 e. The van der Waals surface area contributed by atoms with Crippen LogP contribution in [0.1, 0.15) is 5.56 Å². The molecule has 110 valence electrons. The van der Waals surface area contributed by atoms with Gasteiger partial charge in [-0.25, -0.2) is 4.98 Å². The summed E-state index contributed by atoms with van der Waals surface area (Å²) in [6, 6.07) is 18.4. The van der Waals surface area contributed by atoms with Gasteiger partial charge in [-0.1, -0.05) is 41.1 Å². The van der Waals surface area contributed by atoms with Gasteiger partial charge in [-0.3, -0.25) is 0 Å². The van der Waals surface area contributed by atoms with Gasteiger partial charge in [0.25, 0.3) is 0 Å². The summed E-state index contributed by atoms with van der Waals surface area (Å²) in [4.78, 5) is 4.56. The zero-order chi connectivity index (χ0) is 15.4. The van der Waals surface area contributed by atoms with Crippen LogP contribution in [-0.4, -0.2) is 4.98 Å². The molecule has 3 rings (SSSR count). The lowest BCUT2D eigenvalue weighted by atomic mass is 10.2. The molecule has 0 aliphatic heterocycles. The van der Waals surface area contributed by atoms with Crippen molar-refractivity contribution in [2.45, 2.75) is 6.54 Å². The molecule has 1 aromatic carbocycles. The Labute approximate surface area is 146 Å². The van der Waals surface area contributed by atoms with Crippen molar-refractivity contribution in [3.05, 3.63) is 87.7 Å². The maximum absolute atomic E-state index is 4.56. The van der Waals surface area contributed by atoms with Crippen LogP contribution in [0.15, 0.2) is 82.1 Å². The third-order valence-electron chi connectivity index (χ3n) is 3.19. The van der Waals surface area contributed by atoms with Gasteiger partial charge in [0.05, 0.1) is 4.47 Å². The van der Waals surface area contributed by atoms with Crippen LogP contribution in [0.2, 0.25) is 0 Å². The van der Waals surface area contributed by atoms with Crippen LogP contribution in [0.3, 0.4) is 0 Å². The fourth-order valence-electron chi connectivity index (χ4n) is 2.17. The minimum Gasteiger partial charge on any atom is -0.232 e. The van der Waals surface area contributed by atoms with Crippen molar-refractivity contribution in [2.24, 2.45) is 0 Å². The minimum absolute atomic E-state index is 0.725. The first-order chi connectivity index (χ1) is 10.7. The lowest BCUT2D eigenvalue weighted by Crippen LogP contribution is -2.53. The van der Waals surface area contributed by atoms with Gasteiger partial charge < -0.3 is 0 Å². The van der Waals surface area contributed by atoms with E-state index in [0.29, 0.717) is 0 Å². The molecule has 0 aliphatic carbocycles. The van der Waals surface area contributed by atoms with E-state index in [2.05, 4.69) is 54.0 Å². The molecule has 0 amide bonds. The molecule has 5 heteroatoms. The highest BCUT2D eigenvalue weighted by molar-refractivity contribution is 9.11. The molecule has 22 heavy (non-hydrogen) atoms. The van der Waals surface area contributed by atoms with Crippen LogP contribution in [0.4, 0.5) is 5.82 Å². The highest BCUT2D eigenvalue weighted by atomic mass is 79.9. The number of pyridine rings is 2. The average molecular weight is 420 g/mol. The molecule has 0 fully saturated rings. The van der Waals surface area contributed by atoms with E-state index < -0.39 is 0 Å². The molecule has 0 radical (unpaired) electrons. The molecule has 0 aliphatic rings. The maximum Gasteiger partial charge on any atom is 0.202 e. The molecule has 0 saturated carbocycles. The number of halogens is 2. The van der Waals surface area contributed by atoms with E-state index in [-0.39, 0.29) is 0 Å². The third kappa shape index (κ3) is 3.54. The number of rotatable bonds is 4. The third-order valence-corrected chi connectivity index (χ3v) is 4.20. The molecule has 0 N–H and O–H groups in total. The summed E-state index contributed by atoms with van der Waals surface area (Å²) in [6.45, 7) is 0.725. The molecule has 3 nitrogen and oxygen atoms in total. The molecule has 0 unspecified atom stereocenters. The standard InChI is InChI=1S/C17H14Br2N3/c18-15-11-16(19)17(20-12-15)22(21-9-5-2-6-10-21)13-14-7-3-1-4-8-14/h1-12H,13H2/q+1. The van der Waals surface area contributed by atoms with Crippen molar-refractivity contribution in [1.29, 1.82) is 0 Å². The zero-order valence-electron chi connectivity index (χ0n) is 11.7. The quantitative estimate of drug-likeness (QED) is 0.585. The van der Waals surface area contributed by atoms with E-state index in [1.807, 2.05) is 65.7 Å². The van der Waals surface area contributed by atoms with Crippen molar-refractivity contribution in [3.8, 4) is 0 Å². The predicted octanol–water partition coefficient (Wildman–Crippen LogP) is 4.36. The number of hydrogen-bond acceptors (Lipinski definition) is 2. The van der Waals surface area contributed by atoms with Crippen LogP contribution in [0.25, 0.3) is 0 Å². The Balaban J connectivity index is 2.03. The van der Waals surface area contributed by atoms with Crippen LogP contribution in [-0.2, 0) is 6.54 Å². The second-order valence-corrected chi connectivity index (χ2v) is 6.53. The van der Waals surface area contributed by atoms with Crippen molar-refractivity contribution in [3.63, 3.8) is 0 Å². The molecule has 0 bridgehead atoms. The number of anilines is 1. The fourth-order valence-corrected chi connectivity index (χ4v) is 3.36. The Morgan fingerprint density at radius 1 is 0.955 bits per heavy atom. The summed E-state index contributed by atoms with van der Waals surface area (Å²) in [7, 11) is 0. The summed E-state index contributed by atoms with van der Waals surface area (Å²) in [5.74, 6) is 0.864. The zero-order valence-corrected chi connectivity index (χ0v) is 14.9. The second-order valence-electron chi connectivity index (χ2n) is 4.76. The summed E-state index contributed by atoms with van der Waals surface area (Å²) in [5, 5.41) is 2.12. The first kappa shape index (κ1) is 15.2. The normalized spacial score (nSPS) is 10.5. The molecule has 0 saturated heterocycles. The Morgan fingerprint density at radius 3 is 2.32 bits per heavy atom. The van der Waals surface area contributed by atoms with Gasteiger partial charge in [0.1, 0.15) is 6.54 Å². The molecule has 2 heterocycles. The van der Waals surface area contributed by atoms with E-state index in [9.17, 15) is 0 Å². The van der Waals surface area contributed by atoms with Gasteiger partial charge >= 0.3 is 0 Å². The molecule has 3 aromatic rings.